The van der Waals surface area contributed by atoms with Gasteiger partial charge in [-0.15, -0.1) is 0 Å². The molecule has 0 aromatic carbocycles. The SMILES string of the molecule is COP(CC(=O)CCCCc1ccc2c(n1)NCCC2)OC. The summed E-state index contributed by atoms with van der Waals surface area (Å²) >= 11 is 0. The van der Waals surface area contributed by atoms with Crippen LogP contribution in [-0.4, -0.2) is 37.7 Å². The van der Waals surface area contributed by atoms with Crippen LogP contribution in [0.4, 0.5) is 5.82 Å². The monoisotopic (exact) mass is 324 g/mol. The Morgan fingerprint density at radius 1 is 1.32 bits per heavy atom. The summed E-state index contributed by atoms with van der Waals surface area (Å²) in [6.45, 7) is 1.01. The molecule has 0 spiro atoms. The molecule has 0 amide bonds. The Hall–Kier alpha value is -1.03. The van der Waals surface area contributed by atoms with E-state index in [0.717, 1.165) is 43.7 Å². The molecule has 0 fully saturated rings. The van der Waals surface area contributed by atoms with Crippen molar-refractivity contribution in [3.05, 3.63) is 23.4 Å². The fourth-order valence-electron chi connectivity index (χ4n) is 2.56. The molecule has 0 aliphatic carbocycles. The minimum Gasteiger partial charge on any atom is -0.370 e. The second-order valence-corrected chi connectivity index (χ2v) is 7.15. The number of anilines is 1. The smallest absolute Gasteiger partial charge is 0.177 e. The second kappa shape index (κ2) is 9.19. The van der Waals surface area contributed by atoms with Gasteiger partial charge in [-0.1, -0.05) is 6.07 Å². The van der Waals surface area contributed by atoms with Gasteiger partial charge in [0.2, 0.25) is 0 Å². The van der Waals surface area contributed by atoms with Gasteiger partial charge in [-0.2, -0.15) is 0 Å². The fourth-order valence-corrected chi connectivity index (χ4v) is 3.42. The molecular weight excluding hydrogens is 299 g/mol. The van der Waals surface area contributed by atoms with E-state index in [2.05, 4.69) is 22.4 Å². The zero-order chi connectivity index (χ0) is 15.8. The predicted octanol–water partition coefficient (Wildman–Crippen LogP) is 3.33. The molecule has 0 bridgehead atoms. The maximum atomic E-state index is 11.8. The third-order valence-electron chi connectivity index (χ3n) is 3.80. The maximum Gasteiger partial charge on any atom is 0.177 e. The largest absolute Gasteiger partial charge is 0.370 e. The fraction of sp³-hybridized carbons (Fsp3) is 0.625. The van der Waals surface area contributed by atoms with Crippen molar-refractivity contribution in [2.75, 3.05) is 32.2 Å². The highest BCUT2D eigenvalue weighted by Gasteiger charge is 2.13. The summed E-state index contributed by atoms with van der Waals surface area (Å²) in [7, 11) is 2.13. The quantitative estimate of drug-likeness (QED) is 0.558. The summed E-state index contributed by atoms with van der Waals surface area (Å²) in [5.41, 5.74) is 2.43. The van der Waals surface area contributed by atoms with E-state index < -0.39 is 8.38 Å². The summed E-state index contributed by atoms with van der Waals surface area (Å²) < 4.78 is 10.2. The normalized spacial score (nSPS) is 13.8. The Bertz CT molecular complexity index is 492. The average Bonchev–Trinajstić information content (AvgIpc) is 2.56. The van der Waals surface area contributed by atoms with Crippen LogP contribution >= 0.6 is 8.38 Å². The lowest BCUT2D eigenvalue weighted by atomic mass is 10.1. The molecule has 0 saturated carbocycles. The zero-order valence-corrected chi connectivity index (χ0v) is 14.3. The van der Waals surface area contributed by atoms with Crippen LogP contribution in [0.3, 0.4) is 0 Å². The second-order valence-electron chi connectivity index (χ2n) is 5.44. The molecule has 22 heavy (non-hydrogen) atoms. The number of Topliss-reactive ketones (excluding diaryl/α,β-unsaturated/α-hetero) is 1. The number of ketones is 1. The van der Waals surface area contributed by atoms with Crippen LogP contribution < -0.4 is 5.32 Å². The lowest BCUT2D eigenvalue weighted by Gasteiger charge is -2.17. The number of rotatable bonds is 9. The van der Waals surface area contributed by atoms with Gasteiger partial charge in [-0.05, 0) is 43.7 Å². The first kappa shape index (κ1) is 17.3. The lowest BCUT2D eigenvalue weighted by Crippen LogP contribution is -2.14. The van der Waals surface area contributed by atoms with E-state index in [-0.39, 0.29) is 5.78 Å². The number of unbranched alkanes of at least 4 members (excludes halogenated alkanes) is 1. The predicted molar refractivity (Wildman–Crippen MR) is 89.4 cm³/mol. The van der Waals surface area contributed by atoms with E-state index >= 15 is 0 Å². The number of carbonyl (C=O) groups excluding carboxylic acids is 1. The van der Waals surface area contributed by atoms with Crippen LogP contribution in [-0.2, 0) is 26.7 Å². The van der Waals surface area contributed by atoms with Gasteiger partial charge in [0, 0.05) is 32.9 Å². The standard InChI is InChI=1S/C16H25N2O3P/c1-20-22(21-2)12-15(19)8-4-3-7-14-10-9-13-6-5-11-17-16(13)18-14/h9-10H,3-8,11-12H2,1-2H3,(H,17,18). The molecule has 1 N–H and O–H groups in total. The zero-order valence-electron chi connectivity index (χ0n) is 13.4. The van der Waals surface area contributed by atoms with Gasteiger partial charge < -0.3 is 14.4 Å². The Morgan fingerprint density at radius 2 is 2.14 bits per heavy atom. The van der Waals surface area contributed by atoms with Gasteiger partial charge in [0.15, 0.2) is 8.38 Å². The van der Waals surface area contributed by atoms with Crippen LogP contribution in [0.25, 0.3) is 0 Å². The maximum absolute atomic E-state index is 11.8. The van der Waals surface area contributed by atoms with Crippen LogP contribution in [0.5, 0.6) is 0 Å². The Labute approximate surface area is 133 Å². The molecule has 2 rings (SSSR count). The minimum atomic E-state index is -1.04. The molecule has 6 heteroatoms. The number of hydrogen-bond donors (Lipinski definition) is 1. The summed E-state index contributed by atoms with van der Waals surface area (Å²) in [6.07, 6.45) is 6.08. The highest BCUT2D eigenvalue weighted by Crippen LogP contribution is 2.35. The van der Waals surface area contributed by atoms with Gasteiger partial charge in [0.25, 0.3) is 0 Å². The molecule has 0 atom stereocenters. The molecule has 0 saturated heterocycles. The number of fused-ring (bicyclic) bond motifs is 1. The number of aryl methyl sites for hydroxylation is 2. The third-order valence-corrected chi connectivity index (χ3v) is 5.23. The molecule has 2 heterocycles. The topological polar surface area (TPSA) is 60.5 Å². The number of nitrogens with zero attached hydrogens (tertiary/aromatic N) is 1. The third kappa shape index (κ3) is 5.31. The summed E-state index contributed by atoms with van der Waals surface area (Å²) in [5.74, 6) is 1.26. The van der Waals surface area contributed by atoms with Crippen molar-refractivity contribution >= 4 is 20.0 Å². The molecule has 1 aromatic heterocycles. The van der Waals surface area contributed by atoms with Crippen molar-refractivity contribution in [3.63, 3.8) is 0 Å². The molecule has 0 radical (unpaired) electrons. The molecule has 122 valence electrons. The van der Waals surface area contributed by atoms with E-state index in [4.69, 9.17) is 9.05 Å². The summed E-state index contributed by atoms with van der Waals surface area (Å²) in [6, 6.07) is 4.29. The van der Waals surface area contributed by atoms with Crippen molar-refractivity contribution in [2.24, 2.45) is 0 Å². The van der Waals surface area contributed by atoms with Crippen LogP contribution in [0.2, 0.25) is 0 Å². The first-order valence-electron chi connectivity index (χ1n) is 7.83. The van der Waals surface area contributed by atoms with Gasteiger partial charge in [-0.3, -0.25) is 4.79 Å². The summed E-state index contributed by atoms with van der Waals surface area (Å²) in [4.78, 5) is 16.5. The first-order chi connectivity index (χ1) is 10.7. The van der Waals surface area contributed by atoms with Crippen LogP contribution in [0.1, 0.15) is 36.9 Å². The average molecular weight is 324 g/mol. The molecular formula is C16H25N2O3P. The number of aromatic nitrogens is 1. The summed E-state index contributed by atoms with van der Waals surface area (Å²) in [5, 5.41) is 3.36. The molecule has 1 aliphatic rings. The number of hydrogen-bond acceptors (Lipinski definition) is 5. The Balaban J connectivity index is 1.69. The van der Waals surface area contributed by atoms with E-state index in [0.29, 0.717) is 12.6 Å². The highest BCUT2D eigenvalue weighted by molar-refractivity contribution is 7.48. The molecule has 1 aliphatic heterocycles. The van der Waals surface area contributed by atoms with Gasteiger partial charge in [-0.25, -0.2) is 4.98 Å². The van der Waals surface area contributed by atoms with Crippen LogP contribution in [0.15, 0.2) is 12.1 Å². The lowest BCUT2D eigenvalue weighted by molar-refractivity contribution is -0.116. The number of pyridine rings is 1. The minimum absolute atomic E-state index is 0.217. The Kier molecular flexibility index (Phi) is 7.23. The van der Waals surface area contributed by atoms with E-state index in [1.54, 1.807) is 14.2 Å². The first-order valence-corrected chi connectivity index (χ1v) is 9.19. The van der Waals surface area contributed by atoms with Crippen molar-refractivity contribution in [1.82, 2.24) is 4.98 Å². The number of carbonyl (C=O) groups is 1. The van der Waals surface area contributed by atoms with Crippen molar-refractivity contribution in [3.8, 4) is 0 Å². The molecule has 0 unspecified atom stereocenters. The van der Waals surface area contributed by atoms with Gasteiger partial charge in [0.1, 0.15) is 11.6 Å². The van der Waals surface area contributed by atoms with E-state index in [1.807, 2.05) is 0 Å². The van der Waals surface area contributed by atoms with Gasteiger partial charge >= 0.3 is 0 Å². The van der Waals surface area contributed by atoms with E-state index in [9.17, 15) is 4.79 Å². The molecule has 1 aromatic rings. The van der Waals surface area contributed by atoms with E-state index in [1.165, 1.54) is 12.0 Å². The van der Waals surface area contributed by atoms with Gasteiger partial charge in [0.05, 0.1) is 6.16 Å². The molecule has 5 nitrogen and oxygen atoms in total. The van der Waals surface area contributed by atoms with Crippen LogP contribution in [0, 0.1) is 0 Å². The van der Waals surface area contributed by atoms with Crippen molar-refractivity contribution in [1.29, 1.82) is 0 Å². The number of nitrogens with one attached hydrogen (secondary N) is 1. The van der Waals surface area contributed by atoms with Crippen molar-refractivity contribution < 1.29 is 13.8 Å². The Morgan fingerprint density at radius 3 is 2.91 bits per heavy atom. The van der Waals surface area contributed by atoms with Crippen molar-refractivity contribution in [2.45, 2.75) is 38.5 Å². The highest BCUT2D eigenvalue weighted by atomic mass is 31.2.